The van der Waals surface area contributed by atoms with Crippen LogP contribution in [0.1, 0.15) is 18.4 Å². The van der Waals surface area contributed by atoms with Crippen LogP contribution >= 0.6 is 0 Å². The van der Waals surface area contributed by atoms with E-state index < -0.39 is 0 Å². The first-order valence-electron chi connectivity index (χ1n) is 7.15. The highest BCUT2D eigenvalue weighted by atomic mass is 15.3. The number of hydrogen-bond acceptors (Lipinski definition) is 4. The monoisotopic (exact) mass is 268 g/mol. The minimum Gasteiger partial charge on any atom is -0.337 e. The van der Waals surface area contributed by atoms with Crippen LogP contribution in [-0.4, -0.2) is 29.1 Å². The maximum absolute atomic E-state index is 5.83. The Hall–Kier alpha value is -1.94. The van der Waals surface area contributed by atoms with Crippen molar-refractivity contribution in [3.63, 3.8) is 0 Å². The highest BCUT2D eigenvalue weighted by Crippen LogP contribution is 2.24. The third-order valence-corrected chi connectivity index (χ3v) is 3.90. The molecule has 1 saturated heterocycles. The van der Waals surface area contributed by atoms with Crippen molar-refractivity contribution in [2.45, 2.75) is 25.8 Å². The second kappa shape index (κ2) is 5.59. The molecule has 0 saturated carbocycles. The fourth-order valence-electron chi connectivity index (χ4n) is 2.72. The lowest BCUT2D eigenvalue weighted by Crippen LogP contribution is -2.36. The van der Waals surface area contributed by atoms with Gasteiger partial charge < -0.3 is 10.6 Å². The van der Waals surface area contributed by atoms with Gasteiger partial charge in [0, 0.05) is 30.9 Å². The Morgan fingerprint density at radius 3 is 2.80 bits per heavy atom. The first-order valence-corrected chi connectivity index (χ1v) is 7.15. The summed E-state index contributed by atoms with van der Waals surface area (Å²) in [6, 6.07) is 10.8. The van der Waals surface area contributed by atoms with Gasteiger partial charge in [0.25, 0.3) is 0 Å². The van der Waals surface area contributed by atoms with Crippen molar-refractivity contribution in [3.05, 3.63) is 42.1 Å². The van der Waals surface area contributed by atoms with Crippen LogP contribution in [0.4, 0.5) is 5.95 Å². The van der Waals surface area contributed by atoms with Gasteiger partial charge in [0.1, 0.15) is 0 Å². The quantitative estimate of drug-likeness (QED) is 0.928. The molecule has 1 fully saturated rings. The summed E-state index contributed by atoms with van der Waals surface area (Å²) in [5.74, 6) is 0.802. The van der Waals surface area contributed by atoms with E-state index in [4.69, 9.17) is 10.7 Å². The Kier molecular flexibility index (Phi) is 3.65. The maximum atomic E-state index is 5.83. The standard InChI is InChI=1S/C16H20N4/c1-12-4-6-13(7-5-12)15-8-9-18-16(19-15)20-10-2-3-14(20)11-17/h4-9,14H,2-3,10-11,17H2,1H3. The molecule has 4 heteroatoms. The Bertz CT molecular complexity index is 579. The van der Waals surface area contributed by atoms with Gasteiger partial charge in [0.15, 0.2) is 0 Å². The number of nitrogens with two attached hydrogens (primary N) is 1. The normalized spacial score (nSPS) is 18.5. The van der Waals surface area contributed by atoms with Crippen LogP contribution in [-0.2, 0) is 0 Å². The zero-order valence-electron chi connectivity index (χ0n) is 11.8. The number of hydrogen-bond donors (Lipinski definition) is 1. The lowest BCUT2D eigenvalue weighted by atomic mass is 10.1. The first-order chi connectivity index (χ1) is 9.78. The van der Waals surface area contributed by atoms with E-state index >= 15 is 0 Å². The number of benzene rings is 1. The molecule has 2 N–H and O–H groups in total. The molecule has 0 spiro atoms. The third-order valence-electron chi connectivity index (χ3n) is 3.90. The minimum absolute atomic E-state index is 0.378. The lowest BCUT2D eigenvalue weighted by molar-refractivity contribution is 0.664. The molecular weight excluding hydrogens is 248 g/mol. The smallest absolute Gasteiger partial charge is 0.226 e. The molecule has 0 radical (unpaired) electrons. The molecule has 0 aliphatic carbocycles. The van der Waals surface area contributed by atoms with E-state index in [-0.39, 0.29) is 0 Å². The number of anilines is 1. The van der Waals surface area contributed by atoms with E-state index in [1.807, 2.05) is 12.3 Å². The van der Waals surface area contributed by atoms with Crippen molar-refractivity contribution in [3.8, 4) is 11.3 Å². The lowest BCUT2D eigenvalue weighted by Gasteiger charge is -2.23. The molecule has 1 aliphatic rings. The zero-order chi connectivity index (χ0) is 13.9. The molecule has 4 nitrogen and oxygen atoms in total. The molecule has 0 bridgehead atoms. The van der Waals surface area contributed by atoms with E-state index in [0.717, 1.165) is 30.2 Å². The van der Waals surface area contributed by atoms with E-state index in [1.165, 1.54) is 12.0 Å². The number of aromatic nitrogens is 2. The molecule has 1 aliphatic heterocycles. The highest BCUT2D eigenvalue weighted by Gasteiger charge is 2.25. The molecule has 1 aromatic heterocycles. The summed E-state index contributed by atoms with van der Waals surface area (Å²) in [4.78, 5) is 11.4. The Morgan fingerprint density at radius 1 is 1.25 bits per heavy atom. The molecule has 2 aromatic rings. The van der Waals surface area contributed by atoms with Gasteiger partial charge in [-0.1, -0.05) is 29.8 Å². The molecular formula is C16H20N4. The Morgan fingerprint density at radius 2 is 2.05 bits per heavy atom. The van der Waals surface area contributed by atoms with Crippen LogP contribution in [0, 0.1) is 6.92 Å². The summed E-state index contributed by atoms with van der Waals surface area (Å²) in [6.45, 7) is 3.75. The van der Waals surface area contributed by atoms with Crippen molar-refractivity contribution >= 4 is 5.95 Å². The summed E-state index contributed by atoms with van der Waals surface area (Å²) in [6.07, 6.45) is 4.14. The van der Waals surface area contributed by atoms with Crippen molar-refractivity contribution < 1.29 is 0 Å². The number of nitrogens with zero attached hydrogens (tertiary/aromatic N) is 3. The van der Waals surface area contributed by atoms with Crippen molar-refractivity contribution in [1.29, 1.82) is 0 Å². The molecule has 104 valence electrons. The van der Waals surface area contributed by atoms with Gasteiger partial charge in [-0.2, -0.15) is 0 Å². The van der Waals surface area contributed by atoms with Gasteiger partial charge in [-0.25, -0.2) is 9.97 Å². The SMILES string of the molecule is Cc1ccc(-c2ccnc(N3CCCC3CN)n2)cc1. The molecule has 20 heavy (non-hydrogen) atoms. The largest absolute Gasteiger partial charge is 0.337 e. The second-order valence-corrected chi connectivity index (χ2v) is 5.33. The highest BCUT2D eigenvalue weighted by molar-refractivity contribution is 5.60. The van der Waals surface area contributed by atoms with Crippen LogP contribution in [0.2, 0.25) is 0 Å². The van der Waals surface area contributed by atoms with Crippen LogP contribution in [0.15, 0.2) is 36.5 Å². The molecule has 1 atom stereocenters. The Labute approximate surface area is 119 Å². The molecule has 1 unspecified atom stereocenters. The summed E-state index contributed by atoms with van der Waals surface area (Å²) < 4.78 is 0. The maximum Gasteiger partial charge on any atom is 0.226 e. The van der Waals surface area contributed by atoms with Crippen LogP contribution in [0.5, 0.6) is 0 Å². The van der Waals surface area contributed by atoms with Gasteiger partial charge in [0.2, 0.25) is 5.95 Å². The first kappa shape index (κ1) is 13.1. The molecule has 2 heterocycles. The van der Waals surface area contributed by atoms with Gasteiger partial charge in [0.05, 0.1) is 5.69 Å². The molecule has 1 aromatic carbocycles. The number of aryl methyl sites for hydroxylation is 1. The van der Waals surface area contributed by atoms with E-state index in [2.05, 4.69) is 41.1 Å². The predicted molar refractivity (Wildman–Crippen MR) is 81.6 cm³/mol. The van der Waals surface area contributed by atoms with Crippen molar-refractivity contribution in [1.82, 2.24) is 9.97 Å². The van der Waals surface area contributed by atoms with Gasteiger partial charge in [-0.05, 0) is 25.8 Å². The average Bonchev–Trinajstić information content (AvgIpc) is 2.96. The Balaban J connectivity index is 1.91. The average molecular weight is 268 g/mol. The minimum atomic E-state index is 0.378. The van der Waals surface area contributed by atoms with Crippen LogP contribution in [0.3, 0.4) is 0 Å². The number of rotatable bonds is 3. The van der Waals surface area contributed by atoms with Gasteiger partial charge in [-0.15, -0.1) is 0 Å². The van der Waals surface area contributed by atoms with Gasteiger partial charge in [-0.3, -0.25) is 0 Å². The predicted octanol–water partition coefficient (Wildman–Crippen LogP) is 2.38. The third kappa shape index (κ3) is 2.51. The second-order valence-electron chi connectivity index (χ2n) is 5.33. The fourth-order valence-corrected chi connectivity index (χ4v) is 2.72. The fraction of sp³-hybridized carbons (Fsp3) is 0.375. The summed E-state index contributed by atoms with van der Waals surface area (Å²) in [7, 11) is 0. The van der Waals surface area contributed by atoms with Crippen LogP contribution in [0.25, 0.3) is 11.3 Å². The van der Waals surface area contributed by atoms with E-state index in [0.29, 0.717) is 12.6 Å². The van der Waals surface area contributed by atoms with E-state index in [1.54, 1.807) is 0 Å². The van der Waals surface area contributed by atoms with Crippen LogP contribution < -0.4 is 10.6 Å². The molecule has 3 rings (SSSR count). The summed E-state index contributed by atoms with van der Waals surface area (Å²) >= 11 is 0. The zero-order valence-corrected chi connectivity index (χ0v) is 11.8. The van der Waals surface area contributed by atoms with Crippen molar-refractivity contribution in [2.24, 2.45) is 5.73 Å². The topological polar surface area (TPSA) is 55.0 Å². The van der Waals surface area contributed by atoms with Gasteiger partial charge >= 0.3 is 0 Å². The van der Waals surface area contributed by atoms with Crippen molar-refractivity contribution in [2.75, 3.05) is 18.0 Å². The summed E-state index contributed by atoms with van der Waals surface area (Å²) in [5.41, 5.74) is 9.18. The van der Waals surface area contributed by atoms with E-state index in [9.17, 15) is 0 Å². The molecule has 0 amide bonds. The summed E-state index contributed by atoms with van der Waals surface area (Å²) in [5, 5.41) is 0.